The van der Waals surface area contributed by atoms with Gasteiger partial charge in [-0.15, -0.1) is 0 Å². The predicted octanol–water partition coefficient (Wildman–Crippen LogP) is 3.31. The van der Waals surface area contributed by atoms with Gasteiger partial charge in [-0.1, -0.05) is 36.7 Å². The summed E-state index contributed by atoms with van der Waals surface area (Å²) < 4.78 is 30.5. The van der Waals surface area contributed by atoms with Gasteiger partial charge < -0.3 is 10.1 Å². The second kappa shape index (κ2) is 9.07. The third-order valence-electron chi connectivity index (χ3n) is 3.98. The molecule has 0 saturated heterocycles. The van der Waals surface area contributed by atoms with Gasteiger partial charge >= 0.3 is 5.97 Å². The van der Waals surface area contributed by atoms with Crippen molar-refractivity contribution < 1.29 is 22.7 Å². The lowest BCUT2D eigenvalue weighted by Gasteiger charge is -2.30. The van der Waals surface area contributed by atoms with E-state index in [0.29, 0.717) is 11.4 Å². The first-order valence-corrected chi connectivity index (χ1v) is 10.6. The quantitative estimate of drug-likeness (QED) is 0.688. The highest BCUT2D eigenvalue weighted by molar-refractivity contribution is 7.92. The second-order valence-electron chi connectivity index (χ2n) is 5.99. The van der Waals surface area contributed by atoms with E-state index in [1.807, 2.05) is 0 Å². The summed E-state index contributed by atoms with van der Waals surface area (Å²) in [7, 11) is -2.50. The van der Waals surface area contributed by atoms with Gasteiger partial charge in [0.25, 0.3) is 0 Å². The van der Waals surface area contributed by atoms with Gasteiger partial charge in [0.05, 0.1) is 29.6 Å². The van der Waals surface area contributed by atoms with E-state index in [1.165, 1.54) is 25.3 Å². The van der Waals surface area contributed by atoms with Crippen LogP contribution < -0.4 is 9.62 Å². The number of carbonyl (C=O) groups is 2. The molecule has 7 nitrogen and oxygen atoms in total. The number of sulfonamides is 1. The number of nitrogens with one attached hydrogen (secondary N) is 1. The molecule has 0 saturated carbocycles. The fourth-order valence-electron chi connectivity index (χ4n) is 2.73. The number of halogens is 1. The Bertz CT molecular complexity index is 964. The lowest BCUT2D eigenvalue weighted by atomic mass is 10.1. The molecule has 150 valence electrons. The van der Waals surface area contributed by atoms with Crippen molar-refractivity contribution in [1.29, 1.82) is 0 Å². The Hall–Kier alpha value is -2.58. The van der Waals surface area contributed by atoms with Gasteiger partial charge in [0.15, 0.2) is 0 Å². The largest absolute Gasteiger partial charge is 0.465 e. The Morgan fingerprint density at radius 1 is 1.18 bits per heavy atom. The molecule has 1 N–H and O–H groups in total. The van der Waals surface area contributed by atoms with Crippen molar-refractivity contribution in [2.45, 2.75) is 19.4 Å². The lowest BCUT2D eigenvalue weighted by molar-refractivity contribution is -0.117. The zero-order valence-electron chi connectivity index (χ0n) is 15.7. The molecular weight excluding hydrogens is 404 g/mol. The molecule has 2 rings (SSSR count). The summed E-state index contributed by atoms with van der Waals surface area (Å²) in [6.07, 6.45) is 1.29. The maximum Gasteiger partial charge on any atom is 0.339 e. The number of hydrogen-bond donors (Lipinski definition) is 1. The van der Waals surface area contributed by atoms with Crippen molar-refractivity contribution in [1.82, 2.24) is 0 Å². The van der Waals surface area contributed by atoms with Crippen LogP contribution in [0.3, 0.4) is 0 Å². The summed E-state index contributed by atoms with van der Waals surface area (Å²) in [6, 6.07) is 11.8. The first-order chi connectivity index (χ1) is 13.2. The van der Waals surface area contributed by atoms with E-state index in [2.05, 4.69) is 10.1 Å². The standard InChI is InChI=1S/C19H21ClN2O5S/c1-4-17(22(28(3,25)26)14-8-6-5-7-9-14)18(23)21-13-10-11-16(20)15(12-13)19(24)27-2/h5-12,17H,4H2,1-3H3,(H,21,23)/t17-/m0/s1. The van der Waals surface area contributed by atoms with Crippen LogP contribution in [0.25, 0.3) is 0 Å². The van der Waals surface area contributed by atoms with E-state index < -0.39 is 27.9 Å². The Morgan fingerprint density at radius 3 is 2.36 bits per heavy atom. The SMILES string of the molecule is CC[C@@H](C(=O)Nc1ccc(Cl)c(C(=O)OC)c1)N(c1ccccc1)S(C)(=O)=O. The van der Waals surface area contributed by atoms with Gasteiger partial charge in [-0.05, 0) is 36.8 Å². The molecule has 0 heterocycles. The average Bonchev–Trinajstić information content (AvgIpc) is 2.66. The van der Waals surface area contributed by atoms with Crippen LogP contribution in [0.4, 0.5) is 11.4 Å². The lowest BCUT2D eigenvalue weighted by Crippen LogP contribution is -2.47. The molecule has 0 bridgehead atoms. The highest BCUT2D eigenvalue weighted by Gasteiger charge is 2.31. The first-order valence-electron chi connectivity index (χ1n) is 8.42. The predicted molar refractivity (Wildman–Crippen MR) is 109 cm³/mol. The van der Waals surface area contributed by atoms with Crippen LogP contribution in [0.1, 0.15) is 23.7 Å². The van der Waals surface area contributed by atoms with E-state index in [1.54, 1.807) is 37.3 Å². The number of hydrogen-bond acceptors (Lipinski definition) is 5. The first kappa shape index (κ1) is 21.7. The topological polar surface area (TPSA) is 92.8 Å². The number of methoxy groups -OCH3 is 1. The minimum atomic E-state index is -3.72. The molecule has 0 aliphatic heterocycles. The van der Waals surface area contributed by atoms with Crippen LogP contribution in [0.5, 0.6) is 0 Å². The molecule has 1 atom stereocenters. The molecular formula is C19H21ClN2O5S. The highest BCUT2D eigenvalue weighted by atomic mass is 35.5. The van der Waals surface area contributed by atoms with Crippen LogP contribution in [0, 0.1) is 0 Å². The van der Waals surface area contributed by atoms with Crippen molar-refractivity contribution in [3.05, 3.63) is 59.1 Å². The normalized spacial score (nSPS) is 12.1. The number of rotatable bonds is 7. The number of nitrogens with zero attached hydrogens (tertiary/aromatic N) is 1. The maximum atomic E-state index is 12.9. The molecule has 0 aromatic heterocycles. The van der Waals surface area contributed by atoms with Crippen LogP contribution in [0.2, 0.25) is 5.02 Å². The van der Waals surface area contributed by atoms with Crippen molar-refractivity contribution in [3.8, 4) is 0 Å². The number of carbonyl (C=O) groups excluding carboxylic acids is 2. The highest BCUT2D eigenvalue weighted by Crippen LogP contribution is 2.25. The van der Waals surface area contributed by atoms with Crippen LogP contribution in [-0.4, -0.2) is 39.7 Å². The number of esters is 1. The molecule has 28 heavy (non-hydrogen) atoms. The molecule has 0 radical (unpaired) electrons. The fourth-order valence-corrected chi connectivity index (χ4v) is 4.14. The zero-order valence-corrected chi connectivity index (χ0v) is 17.3. The van der Waals surface area contributed by atoms with Crippen LogP contribution in [0.15, 0.2) is 48.5 Å². The Kier molecular flexibility index (Phi) is 7.04. The molecule has 0 spiro atoms. The molecule has 0 fully saturated rings. The monoisotopic (exact) mass is 424 g/mol. The van der Waals surface area contributed by atoms with E-state index in [9.17, 15) is 18.0 Å². The molecule has 2 aromatic carbocycles. The molecule has 2 aromatic rings. The van der Waals surface area contributed by atoms with Crippen molar-refractivity contribution in [2.24, 2.45) is 0 Å². The molecule has 1 amide bonds. The van der Waals surface area contributed by atoms with Gasteiger partial charge in [-0.2, -0.15) is 0 Å². The molecule has 0 aliphatic carbocycles. The van der Waals surface area contributed by atoms with Gasteiger partial charge in [0, 0.05) is 5.69 Å². The van der Waals surface area contributed by atoms with Gasteiger partial charge in [0.2, 0.25) is 15.9 Å². The number of anilines is 2. The smallest absolute Gasteiger partial charge is 0.339 e. The fraction of sp³-hybridized carbons (Fsp3) is 0.263. The third kappa shape index (κ3) is 5.02. The van der Waals surface area contributed by atoms with E-state index in [0.717, 1.165) is 10.6 Å². The zero-order chi connectivity index (χ0) is 20.9. The summed E-state index contributed by atoms with van der Waals surface area (Å²) in [4.78, 5) is 24.7. The molecule has 9 heteroatoms. The number of para-hydroxylation sites is 1. The summed E-state index contributed by atoms with van der Waals surface area (Å²) in [5, 5.41) is 2.83. The molecule has 0 unspecified atom stereocenters. The Balaban J connectivity index is 2.36. The van der Waals surface area contributed by atoms with Crippen molar-refractivity contribution in [3.63, 3.8) is 0 Å². The van der Waals surface area contributed by atoms with Gasteiger partial charge in [0.1, 0.15) is 6.04 Å². The second-order valence-corrected chi connectivity index (χ2v) is 8.26. The summed E-state index contributed by atoms with van der Waals surface area (Å²) in [5.74, 6) is -1.18. The minimum Gasteiger partial charge on any atom is -0.465 e. The average molecular weight is 425 g/mol. The summed E-state index contributed by atoms with van der Waals surface area (Å²) in [6.45, 7) is 1.72. The van der Waals surface area contributed by atoms with E-state index >= 15 is 0 Å². The van der Waals surface area contributed by atoms with Crippen molar-refractivity contribution in [2.75, 3.05) is 23.0 Å². The molecule has 0 aliphatic rings. The minimum absolute atomic E-state index is 0.0954. The van der Waals surface area contributed by atoms with E-state index in [4.69, 9.17) is 11.6 Å². The number of amides is 1. The number of benzene rings is 2. The van der Waals surface area contributed by atoms with E-state index in [-0.39, 0.29) is 17.0 Å². The van der Waals surface area contributed by atoms with Crippen molar-refractivity contribution >= 4 is 44.9 Å². The van der Waals surface area contributed by atoms with Crippen LogP contribution in [-0.2, 0) is 19.6 Å². The third-order valence-corrected chi connectivity index (χ3v) is 5.49. The van der Waals surface area contributed by atoms with Gasteiger partial charge in [-0.3, -0.25) is 9.10 Å². The maximum absolute atomic E-state index is 12.9. The van der Waals surface area contributed by atoms with Crippen LogP contribution >= 0.6 is 11.6 Å². The van der Waals surface area contributed by atoms with Gasteiger partial charge in [-0.25, -0.2) is 13.2 Å². The summed E-state index contributed by atoms with van der Waals surface area (Å²) in [5.41, 5.74) is 0.783. The summed E-state index contributed by atoms with van der Waals surface area (Å²) >= 11 is 5.99. The Morgan fingerprint density at radius 2 is 1.82 bits per heavy atom. The number of ether oxygens (including phenoxy) is 1. The Labute approximate surface area is 169 Å².